The Bertz CT molecular complexity index is 1270. The second-order valence-electron chi connectivity index (χ2n) is 7.87. The second-order valence-corrected chi connectivity index (χ2v) is 8.79. The van der Waals surface area contributed by atoms with Crippen molar-refractivity contribution in [1.29, 1.82) is 0 Å². The Morgan fingerprint density at radius 2 is 1.81 bits per heavy atom. The largest absolute Gasteiger partial charge is 0.477 e. The predicted octanol–water partition coefficient (Wildman–Crippen LogP) is 4.48. The summed E-state index contributed by atoms with van der Waals surface area (Å²) in [7, 11) is 0. The van der Waals surface area contributed by atoms with Crippen LogP contribution in [-0.4, -0.2) is 59.5 Å². The van der Waals surface area contributed by atoms with Gasteiger partial charge < -0.3 is 15.0 Å². The molecule has 2 aromatic heterocycles. The summed E-state index contributed by atoms with van der Waals surface area (Å²) < 4.78 is 1.16. The van der Waals surface area contributed by atoms with E-state index in [2.05, 4.69) is 20.9 Å². The first-order valence-corrected chi connectivity index (χ1v) is 11.3. The molecule has 7 heteroatoms. The number of aromatic carboxylic acids is 1. The fourth-order valence-electron chi connectivity index (χ4n) is 4.33. The van der Waals surface area contributed by atoms with E-state index >= 15 is 0 Å². The number of hydrogen-bond acceptors (Lipinski definition) is 5. The topological polar surface area (TPSA) is 76.6 Å². The summed E-state index contributed by atoms with van der Waals surface area (Å²) in [5, 5.41) is 13.3. The van der Waals surface area contributed by atoms with Gasteiger partial charge in [-0.15, -0.1) is 11.3 Å². The average molecular weight is 434 g/mol. The molecule has 0 atom stereocenters. The Balaban J connectivity index is 1.21. The molecule has 0 saturated carbocycles. The molecule has 2 N–H and O–H groups in total. The van der Waals surface area contributed by atoms with Crippen LogP contribution in [0.15, 0.2) is 53.9 Å². The van der Waals surface area contributed by atoms with Gasteiger partial charge in [-0.2, -0.15) is 0 Å². The quantitative estimate of drug-likeness (QED) is 0.439. The van der Waals surface area contributed by atoms with E-state index in [-0.39, 0.29) is 11.5 Å². The number of anilines is 1. The normalized spacial score (nSPS) is 15.0. The molecule has 0 spiro atoms. The van der Waals surface area contributed by atoms with Crippen molar-refractivity contribution in [2.24, 2.45) is 0 Å². The first kappa shape index (κ1) is 19.8. The Labute approximate surface area is 183 Å². The maximum atomic E-state index is 12.8. The molecular weight excluding hydrogens is 410 g/mol. The first-order valence-electron chi connectivity index (χ1n) is 10.4. The van der Waals surface area contributed by atoms with Gasteiger partial charge in [0, 0.05) is 76.8 Å². The number of rotatable bonds is 6. The third-order valence-corrected chi connectivity index (χ3v) is 6.98. The SMILES string of the molecule is O=C(O)c1cc2c(N3CCN(CCC(=O)c4csc5ccccc45)CC3)cccc2[nH]1. The van der Waals surface area contributed by atoms with E-state index in [0.717, 1.165) is 65.0 Å². The first-order chi connectivity index (χ1) is 15.1. The maximum absolute atomic E-state index is 12.8. The summed E-state index contributed by atoms with van der Waals surface area (Å²) in [6, 6.07) is 15.7. The summed E-state index contributed by atoms with van der Waals surface area (Å²) in [5.41, 5.74) is 2.95. The van der Waals surface area contributed by atoms with Gasteiger partial charge in [-0.3, -0.25) is 9.69 Å². The van der Waals surface area contributed by atoms with Gasteiger partial charge in [0.15, 0.2) is 5.78 Å². The van der Waals surface area contributed by atoms with Crippen LogP contribution in [0.3, 0.4) is 0 Å². The summed E-state index contributed by atoms with van der Waals surface area (Å²) in [5.74, 6) is -0.742. The van der Waals surface area contributed by atoms with Crippen LogP contribution in [0, 0.1) is 0 Å². The number of carbonyl (C=O) groups is 2. The molecule has 0 unspecified atom stereocenters. The highest BCUT2D eigenvalue weighted by atomic mass is 32.1. The lowest BCUT2D eigenvalue weighted by molar-refractivity contribution is 0.0691. The van der Waals surface area contributed by atoms with E-state index in [9.17, 15) is 14.7 Å². The molecule has 1 saturated heterocycles. The minimum Gasteiger partial charge on any atom is -0.477 e. The maximum Gasteiger partial charge on any atom is 0.352 e. The minimum atomic E-state index is -0.949. The van der Waals surface area contributed by atoms with Crippen LogP contribution >= 0.6 is 11.3 Å². The standard InChI is InChI=1S/C24H23N3O3S/c28-22(18-15-31-23-7-2-1-4-16(18)23)8-9-26-10-12-27(13-11-26)21-6-3-5-19-17(21)14-20(25-19)24(29)30/h1-7,14-15,25H,8-13H2,(H,29,30). The van der Waals surface area contributed by atoms with Gasteiger partial charge in [-0.25, -0.2) is 4.79 Å². The van der Waals surface area contributed by atoms with Gasteiger partial charge in [0.05, 0.1) is 0 Å². The molecule has 31 heavy (non-hydrogen) atoms. The number of carbonyl (C=O) groups excluding carboxylic acids is 1. The van der Waals surface area contributed by atoms with Gasteiger partial charge in [-0.05, 0) is 24.3 Å². The van der Waals surface area contributed by atoms with Gasteiger partial charge >= 0.3 is 5.97 Å². The van der Waals surface area contributed by atoms with E-state index < -0.39 is 5.97 Å². The summed E-state index contributed by atoms with van der Waals surface area (Å²) >= 11 is 1.63. The van der Waals surface area contributed by atoms with Crippen molar-refractivity contribution in [3.05, 3.63) is 65.2 Å². The van der Waals surface area contributed by atoms with Crippen molar-refractivity contribution in [3.8, 4) is 0 Å². The fraction of sp³-hybridized carbons (Fsp3) is 0.250. The van der Waals surface area contributed by atoms with E-state index in [1.807, 2.05) is 41.8 Å². The molecule has 0 aliphatic carbocycles. The molecule has 0 amide bonds. The highest BCUT2D eigenvalue weighted by Gasteiger charge is 2.21. The van der Waals surface area contributed by atoms with E-state index in [0.29, 0.717) is 6.42 Å². The average Bonchev–Trinajstić information content (AvgIpc) is 3.42. The highest BCUT2D eigenvalue weighted by Crippen LogP contribution is 2.29. The van der Waals surface area contributed by atoms with E-state index in [1.54, 1.807) is 17.4 Å². The molecular formula is C24H23N3O3S. The number of aromatic amines is 1. The molecule has 158 valence electrons. The van der Waals surface area contributed by atoms with Crippen LogP contribution < -0.4 is 4.90 Å². The summed E-state index contributed by atoms with van der Waals surface area (Å²) in [6.07, 6.45) is 0.524. The number of nitrogens with zero attached hydrogens (tertiary/aromatic N) is 2. The molecule has 1 aliphatic heterocycles. The van der Waals surface area contributed by atoms with Crippen LogP contribution in [0.1, 0.15) is 27.3 Å². The number of aromatic nitrogens is 1. The van der Waals surface area contributed by atoms with Crippen molar-refractivity contribution in [2.75, 3.05) is 37.6 Å². The molecule has 5 rings (SSSR count). The number of fused-ring (bicyclic) bond motifs is 2. The van der Waals surface area contributed by atoms with Crippen molar-refractivity contribution >= 4 is 49.8 Å². The number of benzene rings is 2. The highest BCUT2D eigenvalue weighted by molar-refractivity contribution is 7.17. The lowest BCUT2D eigenvalue weighted by Gasteiger charge is -2.36. The Morgan fingerprint density at radius 3 is 2.61 bits per heavy atom. The fourth-order valence-corrected chi connectivity index (χ4v) is 5.30. The van der Waals surface area contributed by atoms with Gasteiger partial charge in [0.25, 0.3) is 0 Å². The number of nitrogens with one attached hydrogen (secondary N) is 1. The molecule has 4 aromatic rings. The van der Waals surface area contributed by atoms with Crippen molar-refractivity contribution < 1.29 is 14.7 Å². The Kier molecular flexibility index (Phi) is 5.21. The lowest BCUT2D eigenvalue weighted by Crippen LogP contribution is -2.47. The second kappa shape index (κ2) is 8.17. The Morgan fingerprint density at radius 1 is 1.00 bits per heavy atom. The molecule has 0 bridgehead atoms. The molecule has 1 fully saturated rings. The number of Topliss-reactive ketones (excluding diaryl/α,β-unsaturated/α-hetero) is 1. The van der Waals surface area contributed by atoms with E-state index in [1.165, 1.54) is 0 Å². The number of H-pyrrole nitrogens is 1. The lowest BCUT2D eigenvalue weighted by atomic mass is 10.1. The molecule has 2 aromatic carbocycles. The van der Waals surface area contributed by atoms with Gasteiger partial charge in [-0.1, -0.05) is 24.3 Å². The Hall–Kier alpha value is -3.16. The smallest absolute Gasteiger partial charge is 0.352 e. The number of ketones is 1. The van der Waals surface area contributed by atoms with Crippen LogP contribution in [0.2, 0.25) is 0 Å². The molecule has 0 radical (unpaired) electrons. The van der Waals surface area contributed by atoms with Crippen LogP contribution in [0.5, 0.6) is 0 Å². The van der Waals surface area contributed by atoms with Gasteiger partial charge in [0.1, 0.15) is 5.69 Å². The van der Waals surface area contributed by atoms with Crippen molar-refractivity contribution in [2.45, 2.75) is 6.42 Å². The van der Waals surface area contributed by atoms with Crippen LogP contribution in [0.25, 0.3) is 21.0 Å². The zero-order valence-corrected chi connectivity index (χ0v) is 17.8. The van der Waals surface area contributed by atoms with Crippen molar-refractivity contribution in [1.82, 2.24) is 9.88 Å². The number of carboxylic acids is 1. The van der Waals surface area contributed by atoms with Crippen LogP contribution in [-0.2, 0) is 0 Å². The summed E-state index contributed by atoms with van der Waals surface area (Å²) in [4.78, 5) is 31.7. The zero-order chi connectivity index (χ0) is 21.4. The molecule has 1 aliphatic rings. The number of hydrogen-bond donors (Lipinski definition) is 2. The monoisotopic (exact) mass is 433 g/mol. The predicted molar refractivity (Wildman–Crippen MR) is 125 cm³/mol. The number of piperazine rings is 1. The number of thiophene rings is 1. The van der Waals surface area contributed by atoms with Crippen LogP contribution in [0.4, 0.5) is 5.69 Å². The summed E-state index contributed by atoms with van der Waals surface area (Å²) in [6.45, 7) is 4.22. The van der Waals surface area contributed by atoms with E-state index in [4.69, 9.17) is 0 Å². The third kappa shape index (κ3) is 3.82. The van der Waals surface area contributed by atoms with Crippen molar-refractivity contribution in [3.63, 3.8) is 0 Å². The minimum absolute atomic E-state index is 0.207. The molecule has 3 heterocycles. The zero-order valence-electron chi connectivity index (χ0n) is 17.0. The van der Waals surface area contributed by atoms with Gasteiger partial charge in [0.2, 0.25) is 0 Å². The number of carboxylic acid groups (broad SMARTS) is 1. The third-order valence-electron chi connectivity index (χ3n) is 6.02. The molecule has 6 nitrogen and oxygen atoms in total.